The molecule has 0 atom stereocenters. The van der Waals surface area contributed by atoms with Crippen molar-refractivity contribution in [1.29, 1.82) is 0 Å². The molecule has 184 valence electrons. The summed E-state index contributed by atoms with van der Waals surface area (Å²) >= 11 is 0. The molecule has 3 aromatic rings. The highest BCUT2D eigenvalue weighted by Crippen LogP contribution is 2.32. The van der Waals surface area contributed by atoms with Crippen LogP contribution in [0.1, 0.15) is 37.3 Å². The number of unbranched alkanes of at least 4 members (excludes halogenated alkanes) is 1. The van der Waals surface area contributed by atoms with Gasteiger partial charge in [-0.2, -0.15) is 13.2 Å². The number of rotatable bonds is 10. The molecule has 3 rings (SSSR count). The Hall–Kier alpha value is -3.81. The molecule has 0 aromatic heterocycles. The third-order valence-electron chi connectivity index (χ3n) is 5.37. The summed E-state index contributed by atoms with van der Waals surface area (Å²) < 4.78 is 44.8. The molecule has 35 heavy (non-hydrogen) atoms. The van der Waals surface area contributed by atoms with Crippen molar-refractivity contribution in [3.8, 4) is 16.9 Å². The van der Waals surface area contributed by atoms with E-state index in [1.54, 1.807) is 24.3 Å². The van der Waals surface area contributed by atoms with Crippen molar-refractivity contribution in [2.75, 3.05) is 11.5 Å². The zero-order chi connectivity index (χ0) is 25.4. The van der Waals surface area contributed by atoms with E-state index in [0.29, 0.717) is 12.2 Å². The van der Waals surface area contributed by atoms with Crippen LogP contribution < -0.4 is 9.64 Å². The van der Waals surface area contributed by atoms with Crippen LogP contribution in [0.4, 0.5) is 18.9 Å². The fraction of sp³-hybridized carbons (Fsp3) is 0.259. The van der Waals surface area contributed by atoms with Crippen molar-refractivity contribution in [3.63, 3.8) is 0 Å². The second-order valence-corrected chi connectivity index (χ2v) is 8.04. The topological polar surface area (TPSA) is 66.8 Å². The van der Waals surface area contributed by atoms with E-state index in [0.717, 1.165) is 35.2 Å². The maximum Gasteiger partial charge on any atom is 0.416 e. The van der Waals surface area contributed by atoms with Crippen LogP contribution in [-0.4, -0.2) is 23.6 Å². The summed E-state index contributed by atoms with van der Waals surface area (Å²) in [7, 11) is 0. The van der Waals surface area contributed by atoms with Gasteiger partial charge in [0.15, 0.2) is 6.61 Å². The van der Waals surface area contributed by atoms with E-state index in [9.17, 15) is 22.8 Å². The van der Waals surface area contributed by atoms with Crippen molar-refractivity contribution < 1.29 is 32.6 Å². The first-order valence-electron chi connectivity index (χ1n) is 11.2. The Morgan fingerprint density at radius 2 is 1.57 bits per heavy atom. The minimum atomic E-state index is -4.50. The van der Waals surface area contributed by atoms with E-state index in [2.05, 4.69) is 0 Å². The molecule has 0 fully saturated rings. The number of hydrogen-bond donors (Lipinski definition) is 1. The number of aliphatic carboxylic acids is 1. The van der Waals surface area contributed by atoms with Gasteiger partial charge in [-0.25, -0.2) is 4.79 Å². The molecular formula is C27H26F3NO4. The number of ether oxygens (including phenoxy) is 1. The van der Waals surface area contributed by atoms with Gasteiger partial charge < -0.3 is 14.7 Å². The number of halogens is 3. The Bertz CT molecular complexity index is 1140. The van der Waals surface area contributed by atoms with Gasteiger partial charge in [-0.15, -0.1) is 0 Å². The number of anilines is 1. The molecule has 0 bridgehead atoms. The normalized spacial score (nSPS) is 11.2. The fourth-order valence-electron chi connectivity index (χ4n) is 3.51. The van der Waals surface area contributed by atoms with E-state index in [1.807, 2.05) is 31.2 Å². The first-order valence-corrected chi connectivity index (χ1v) is 11.2. The van der Waals surface area contributed by atoms with Gasteiger partial charge in [0, 0.05) is 12.1 Å². The maximum absolute atomic E-state index is 13.2. The SMILES string of the molecule is CCCCC(=O)N(Cc1ccc(-c2ccc(OCC(=O)O)cc2)cc1)c1cccc(C(F)(F)F)c1. The van der Waals surface area contributed by atoms with Crippen LogP contribution in [0.5, 0.6) is 5.75 Å². The highest BCUT2D eigenvalue weighted by atomic mass is 19.4. The summed E-state index contributed by atoms with van der Waals surface area (Å²) in [4.78, 5) is 24.9. The monoisotopic (exact) mass is 485 g/mol. The smallest absolute Gasteiger partial charge is 0.416 e. The predicted octanol–water partition coefficient (Wildman–Crippen LogP) is 6.56. The average molecular weight is 486 g/mol. The summed E-state index contributed by atoms with van der Waals surface area (Å²) in [6.45, 7) is 1.67. The molecule has 0 aliphatic heterocycles. The zero-order valence-electron chi connectivity index (χ0n) is 19.2. The highest BCUT2D eigenvalue weighted by molar-refractivity contribution is 5.93. The highest BCUT2D eigenvalue weighted by Gasteiger charge is 2.31. The number of amides is 1. The van der Waals surface area contributed by atoms with Crippen molar-refractivity contribution in [3.05, 3.63) is 83.9 Å². The Morgan fingerprint density at radius 3 is 2.14 bits per heavy atom. The number of carbonyl (C=O) groups is 2. The molecule has 1 N–H and O–H groups in total. The number of carboxylic acids is 1. The van der Waals surface area contributed by atoms with Crippen LogP contribution in [0.25, 0.3) is 11.1 Å². The molecule has 0 saturated heterocycles. The molecule has 0 saturated carbocycles. The molecule has 3 aromatic carbocycles. The van der Waals surface area contributed by atoms with Crippen molar-refractivity contribution in [2.45, 2.75) is 38.9 Å². The number of benzene rings is 3. The van der Waals surface area contributed by atoms with Crippen LogP contribution in [0.3, 0.4) is 0 Å². The zero-order valence-corrected chi connectivity index (χ0v) is 19.2. The molecule has 0 radical (unpaired) electrons. The van der Waals surface area contributed by atoms with Gasteiger partial charge in [-0.3, -0.25) is 4.79 Å². The Labute approximate surface area is 201 Å². The largest absolute Gasteiger partial charge is 0.482 e. The number of hydrogen-bond acceptors (Lipinski definition) is 3. The Kier molecular flexibility index (Phi) is 8.52. The third kappa shape index (κ3) is 7.34. The molecular weight excluding hydrogens is 459 g/mol. The molecule has 0 heterocycles. The van der Waals surface area contributed by atoms with Crippen LogP contribution in [0.15, 0.2) is 72.8 Å². The van der Waals surface area contributed by atoms with E-state index in [-0.39, 0.29) is 24.6 Å². The lowest BCUT2D eigenvalue weighted by Gasteiger charge is -2.24. The lowest BCUT2D eigenvalue weighted by atomic mass is 10.0. The third-order valence-corrected chi connectivity index (χ3v) is 5.37. The van der Waals surface area contributed by atoms with E-state index < -0.39 is 24.3 Å². The second kappa shape index (κ2) is 11.6. The van der Waals surface area contributed by atoms with Gasteiger partial charge in [0.1, 0.15) is 5.75 Å². The van der Waals surface area contributed by atoms with Crippen LogP contribution in [-0.2, 0) is 22.3 Å². The van der Waals surface area contributed by atoms with Gasteiger partial charge in [0.25, 0.3) is 0 Å². The molecule has 8 heteroatoms. The lowest BCUT2D eigenvalue weighted by Crippen LogP contribution is -2.30. The average Bonchev–Trinajstić information content (AvgIpc) is 2.85. The van der Waals surface area contributed by atoms with Gasteiger partial charge in [0.05, 0.1) is 12.1 Å². The molecule has 0 aliphatic rings. The van der Waals surface area contributed by atoms with Crippen molar-refractivity contribution in [2.24, 2.45) is 0 Å². The number of alkyl halides is 3. The summed E-state index contributed by atoms with van der Waals surface area (Å²) in [5.74, 6) is -0.848. The van der Waals surface area contributed by atoms with Crippen LogP contribution in [0.2, 0.25) is 0 Å². The van der Waals surface area contributed by atoms with Crippen molar-refractivity contribution in [1.82, 2.24) is 0 Å². The maximum atomic E-state index is 13.2. The van der Waals surface area contributed by atoms with Gasteiger partial charge in [0.2, 0.25) is 5.91 Å². The second-order valence-electron chi connectivity index (χ2n) is 8.04. The minimum Gasteiger partial charge on any atom is -0.482 e. The number of carbonyl (C=O) groups excluding carboxylic acids is 1. The van der Waals surface area contributed by atoms with Crippen LogP contribution >= 0.6 is 0 Å². The standard InChI is InChI=1S/C27H26F3NO4/c1-2-3-7-25(32)31(23-6-4-5-22(16-23)27(28,29)30)17-19-8-10-20(11-9-19)21-12-14-24(15-13-21)35-18-26(33)34/h4-6,8-16H,2-3,7,17-18H2,1H3,(H,33,34). The Morgan fingerprint density at radius 1 is 0.943 bits per heavy atom. The summed E-state index contributed by atoms with van der Waals surface area (Å²) in [6, 6.07) is 19.2. The van der Waals surface area contributed by atoms with Crippen molar-refractivity contribution >= 4 is 17.6 Å². The van der Waals surface area contributed by atoms with E-state index >= 15 is 0 Å². The quantitative estimate of drug-likeness (QED) is 0.353. The van der Waals surface area contributed by atoms with Gasteiger partial charge in [-0.05, 0) is 53.4 Å². The predicted molar refractivity (Wildman–Crippen MR) is 127 cm³/mol. The van der Waals surface area contributed by atoms with Gasteiger partial charge in [-0.1, -0.05) is 55.8 Å². The molecule has 0 aliphatic carbocycles. The summed E-state index contributed by atoms with van der Waals surface area (Å²) in [5, 5.41) is 8.69. The number of nitrogens with zero attached hydrogens (tertiary/aromatic N) is 1. The summed E-state index contributed by atoms with van der Waals surface area (Å²) in [5.41, 5.74) is 1.96. The lowest BCUT2D eigenvalue weighted by molar-refractivity contribution is -0.139. The molecule has 0 unspecified atom stereocenters. The fourth-order valence-corrected chi connectivity index (χ4v) is 3.51. The first kappa shape index (κ1) is 25.8. The molecule has 1 amide bonds. The van der Waals surface area contributed by atoms with Gasteiger partial charge >= 0.3 is 12.1 Å². The Balaban J connectivity index is 1.79. The van der Waals surface area contributed by atoms with E-state index in [4.69, 9.17) is 9.84 Å². The number of carboxylic acid groups (broad SMARTS) is 1. The van der Waals surface area contributed by atoms with Crippen LogP contribution in [0, 0.1) is 0 Å². The summed E-state index contributed by atoms with van der Waals surface area (Å²) in [6.07, 6.45) is -2.79. The van der Waals surface area contributed by atoms with E-state index in [1.165, 1.54) is 17.0 Å². The first-order chi connectivity index (χ1) is 16.7. The molecule has 0 spiro atoms. The molecule has 5 nitrogen and oxygen atoms in total. The minimum absolute atomic E-state index is 0.145.